The van der Waals surface area contributed by atoms with E-state index in [1.165, 1.54) is 12.8 Å². The van der Waals surface area contributed by atoms with Crippen LogP contribution >= 0.6 is 0 Å². The average molecular weight is 316 g/mol. The average Bonchev–Trinajstić information content (AvgIpc) is 2.65. The van der Waals surface area contributed by atoms with E-state index >= 15 is 0 Å². The molecule has 0 N–H and O–H groups in total. The largest absolute Gasteiger partial charge is 0.294 e. The van der Waals surface area contributed by atoms with Crippen molar-refractivity contribution in [1.82, 2.24) is 0 Å². The van der Waals surface area contributed by atoms with Gasteiger partial charge in [-0.3, -0.25) is 4.79 Å². The van der Waals surface area contributed by atoms with E-state index in [-0.39, 0.29) is 5.78 Å². The van der Waals surface area contributed by atoms with Gasteiger partial charge < -0.3 is 0 Å². The number of carbonyl (C=O) groups excluding carboxylic acids is 1. The molecular weight excluding hydrogens is 292 g/mol. The van der Waals surface area contributed by atoms with Crippen molar-refractivity contribution in [2.75, 3.05) is 0 Å². The highest BCUT2D eigenvalue weighted by atomic mass is 16.1. The molecule has 0 fully saturated rings. The Hall–Kier alpha value is -2.41. The standard InChI is InChI=1S/C23H24O/c1-2-3-4-8-15-23(24)22-17-20(18-11-6-5-7-12-18)16-19-13-9-10-14-21(19)22/h5-7,9-14,16-17H,2-4,8,15H2,1H3. The zero-order chi connectivity index (χ0) is 16.8. The van der Waals surface area contributed by atoms with Crippen molar-refractivity contribution < 1.29 is 4.79 Å². The highest BCUT2D eigenvalue weighted by molar-refractivity contribution is 6.09. The highest BCUT2D eigenvalue weighted by Gasteiger charge is 2.12. The Kier molecular flexibility index (Phi) is 5.43. The number of benzene rings is 3. The number of Topliss-reactive ketones (excluding diaryl/α,β-unsaturated/α-hetero) is 1. The number of hydrogen-bond donors (Lipinski definition) is 0. The van der Waals surface area contributed by atoms with Gasteiger partial charge in [0.25, 0.3) is 0 Å². The summed E-state index contributed by atoms with van der Waals surface area (Å²) in [4.78, 5) is 12.8. The van der Waals surface area contributed by atoms with Gasteiger partial charge in [0.15, 0.2) is 5.78 Å². The molecule has 0 bridgehead atoms. The van der Waals surface area contributed by atoms with E-state index in [4.69, 9.17) is 0 Å². The number of unbranched alkanes of at least 4 members (excludes halogenated alkanes) is 3. The van der Waals surface area contributed by atoms with Crippen LogP contribution in [-0.2, 0) is 0 Å². The molecule has 3 rings (SSSR count). The highest BCUT2D eigenvalue weighted by Crippen LogP contribution is 2.29. The summed E-state index contributed by atoms with van der Waals surface area (Å²) in [6, 6.07) is 22.7. The summed E-state index contributed by atoms with van der Waals surface area (Å²) in [6.45, 7) is 2.19. The third kappa shape index (κ3) is 3.73. The van der Waals surface area contributed by atoms with E-state index < -0.39 is 0 Å². The predicted octanol–water partition coefficient (Wildman–Crippen LogP) is 6.66. The summed E-state index contributed by atoms with van der Waals surface area (Å²) in [5.41, 5.74) is 3.14. The molecule has 0 aromatic heterocycles. The van der Waals surface area contributed by atoms with Crippen molar-refractivity contribution in [2.45, 2.75) is 39.0 Å². The molecular formula is C23H24O. The molecule has 24 heavy (non-hydrogen) atoms. The number of fused-ring (bicyclic) bond motifs is 1. The molecule has 0 atom stereocenters. The van der Waals surface area contributed by atoms with Crippen molar-refractivity contribution in [1.29, 1.82) is 0 Å². The monoisotopic (exact) mass is 316 g/mol. The molecule has 3 aromatic rings. The van der Waals surface area contributed by atoms with E-state index in [1.54, 1.807) is 0 Å². The van der Waals surface area contributed by atoms with Crippen LogP contribution in [0.25, 0.3) is 21.9 Å². The lowest BCUT2D eigenvalue weighted by Gasteiger charge is -2.10. The van der Waals surface area contributed by atoms with Gasteiger partial charge in [-0.25, -0.2) is 0 Å². The lowest BCUT2D eigenvalue weighted by Crippen LogP contribution is -2.01. The molecule has 0 aliphatic rings. The second kappa shape index (κ2) is 7.92. The number of ketones is 1. The Bertz CT molecular complexity index is 818. The number of rotatable bonds is 7. The molecule has 1 heteroatoms. The van der Waals surface area contributed by atoms with Crippen LogP contribution in [-0.4, -0.2) is 5.78 Å². The summed E-state index contributed by atoms with van der Waals surface area (Å²) in [6.07, 6.45) is 5.16. The Labute approximate surface area is 144 Å². The van der Waals surface area contributed by atoms with Crippen molar-refractivity contribution >= 4 is 16.6 Å². The van der Waals surface area contributed by atoms with Gasteiger partial charge in [-0.2, -0.15) is 0 Å². The Morgan fingerprint density at radius 1 is 0.792 bits per heavy atom. The first kappa shape index (κ1) is 16.4. The van der Waals surface area contributed by atoms with Crippen LogP contribution in [0.3, 0.4) is 0 Å². The molecule has 0 saturated carbocycles. The van der Waals surface area contributed by atoms with Gasteiger partial charge in [-0.05, 0) is 40.5 Å². The van der Waals surface area contributed by atoms with Crippen LogP contribution in [0, 0.1) is 0 Å². The van der Waals surface area contributed by atoms with Crippen LogP contribution in [0.5, 0.6) is 0 Å². The summed E-state index contributed by atoms with van der Waals surface area (Å²) in [5.74, 6) is 0.264. The van der Waals surface area contributed by atoms with Gasteiger partial charge in [0.05, 0.1) is 0 Å². The molecule has 3 aromatic carbocycles. The van der Waals surface area contributed by atoms with E-state index in [2.05, 4.69) is 43.3 Å². The first-order chi connectivity index (χ1) is 11.8. The molecule has 0 radical (unpaired) electrons. The topological polar surface area (TPSA) is 17.1 Å². The molecule has 122 valence electrons. The fraction of sp³-hybridized carbons (Fsp3) is 0.261. The number of carbonyl (C=O) groups is 1. The molecule has 0 spiro atoms. The summed E-state index contributed by atoms with van der Waals surface area (Å²) in [7, 11) is 0. The van der Waals surface area contributed by atoms with Crippen molar-refractivity contribution in [3.05, 3.63) is 72.3 Å². The Morgan fingerprint density at radius 3 is 2.33 bits per heavy atom. The van der Waals surface area contributed by atoms with Crippen molar-refractivity contribution in [3.63, 3.8) is 0 Å². The van der Waals surface area contributed by atoms with Gasteiger partial charge in [-0.1, -0.05) is 80.8 Å². The molecule has 0 aliphatic heterocycles. The van der Waals surface area contributed by atoms with Gasteiger partial charge >= 0.3 is 0 Å². The fourth-order valence-corrected chi connectivity index (χ4v) is 3.19. The van der Waals surface area contributed by atoms with Crippen molar-refractivity contribution in [3.8, 4) is 11.1 Å². The fourth-order valence-electron chi connectivity index (χ4n) is 3.19. The predicted molar refractivity (Wildman–Crippen MR) is 102 cm³/mol. The zero-order valence-corrected chi connectivity index (χ0v) is 14.3. The minimum absolute atomic E-state index is 0.264. The van der Waals surface area contributed by atoms with Crippen molar-refractivity contribution in [2.24, 2.45) is 0 Å². The summed E-state index contributed by atoms with van der Waals surface area (Å²) in [5, 5.41) is 2.20. The third-order valence-electron chi connectivity index (χ3n) is 4.53. The molecule has 0 aliphatic carbocycles. The van der Waals surface area contributed by atoms with Gasteiger partial charge in [-0.15, -0.1) is 0 Å². The quantitative estimate of drug-likeness (QED) is 0.352. The molecule has 1 nitrogen and oxygen atoms in total. The Balaban J connectivity index is 1.97. The molecule has 0 heterocycles. The third-order valence-corrected chi connectivity index (χ3v) is 4.53. The Morgan fingerprint density at radius 2 is 1.54 bits per heavy atom. The second-order valence-corrected chi connectivity index (χ2v) is 6.34. The smallest absolute Gasteiger partial charge is 0.163 e. The van der Waals surface area contributed by atoms with E-state index in [1.807, 2.05) is 30.3 Å². The van der Waals surface area contributed by atoms with Crippen LogP contribution in [0.4, 0.5) is 0 Å². The molecule has 0 saturated heterocycles. The van der Waals surface area contributed by atoms with E-state index in [0.717, 1.165) is 40.3 Å². The lowest BCUT2D eigenvalue weighted by molar-refractivity contribution is 0.0981. The SMILES string of the molecule is CCCCCCC(=O)c1cc(-c2ccccc2)cc2ccccc12. The van der Waals surface area contributed by atoms with Crippen LogP contribution in [0.2, 0.25) is 0 Å². The van der Waals surface area contributed by atoms with E-state index in [0.29, 0.717) is 6.42 Å². The molecule has 0 unspecified atom stereocenters. The second-order valence-electron chi connectivity index (χ2n) is 6.34. The minimum Gasteiger partial charge on any atom is -0.294 e. The maximum absolute atomic E-state index is 12.8. The summed E-state index contributed by atoms with van der Waals surface area (Å²) < 4.78 is 0. The number of hydrogen-bond acceptors (Lipinski definition) is 1. The van der Waals surface area contributed by atoms with Crippen LogP contribution in [0.15, 0.2) is 66.7 Å². The van der Waals surface area contributed by atoms with Gasteiger partial charge in [0, 0.05) is 12.0 Å². The van der Waals surface area contributed by atoms with E-state index in [9.17, 15) is 4.79 Å². The maximum atomic E-state index is 12.8. The summed E-state index contributed by atoms with van der Waals surface area (Å²) >= 11 is 0. The molecule has 0 amide bonds. The zero-order valence-electron chi connectivity index (χ0n) is 14.3. The maximum Gasteiger partial charge on any atom is 0.163 e. The van der Waals surface area contributed by atoms with Crippen LogP contribution in [0.1, 0.15) is 49.4 Å². The lowest BCUT2D eigenvalue weighted by atomic mass is 9.93. The van der Waals surface area contributed by atoms with Gasteiger partial charge in [0.1, 0.15) is 0 Å². The van der Waals surface area contributed by atoms with Gasteiger partial charge in [0.2, 0.25) is 0 Å². The van der Waals surface area contributed by atoms with Crippen LogP contribution < -0.4 is 0 Å². The minimum atomic E-state index is 0.264. The normalized spacial score (nSPS) is 10.9. The first-order valence-electron chi connectivity index (χ1n) is 8.91. The first-order valence-corrected chi connectivity index (χ1v) is 8.91.